The van der Waals surface area contributed by atoms with E-state index in [1.165, 1.54) is 77.2 Å². The fraction of sp³-hybridized carbons (Fsp3) is 0.293. The maximum Gasteiger partial charge on any atom is 0.163 e. The molecule has 4 unspecified atom stereocenters. The van der Waals surface area contributed by atoms with Crippen LogP contribution in [0, 0.1) is 11.8 Å². The molecule has 4 aliphatic rings. The molecule has 0 spiro atoms. The van der Waals surface area contributed by atoms with Crippen LogP contribution in [0.4, 0.5) is 0 Å². The number of fused-ring (bicyclic) bond motifs is 6. The Morgan fingerprint density at radius 3 is 1.89 bits per heavy atom. The first-order valence-electron chi connectivity index (χ1n) is 16.9. The van der Waals surface area contributed by atoms with E-state index in [-0.39, 0.29) is 0 Å². The van der Waals surface area contributed by atoms with Crippen molar-refractivity contribution in [3.05, 3.63) is 126 Å². The molecule has 2 aromatic heterocycles. The second kappa shape index (κ2) is 11.1. The van der Waals surface area contributed by atoms with E-state index in [9.17, 15) is 0 Å². The summed E-state index contributed by atoms with van der Waals surface area (Å²) in [5.41, 5.74) is 7.65. The molecule has 4 atom stereocenters. The van der Waals surface area contributed by atoms with E-state index < -0.39 is 0 Å². The Kier molecular flexibility index (Phi) is 6.61. The largest absolute Gasteiger partial charge is 0.309 e. The van der Waals surface area contributed by atoms with E-state index in [1.54, 1.807) is 0 Å². The van der Waals surface area contributed by atoms with Crippen LogP contribution in [-0.4, -0.2) is 19.5 Å². The zero-order valence-electron chi connectivity index (χ0n) is 25.6. The average molecular weight is 587 g/mol. The Bertz CT molecular complexity index is 1980. The molecule has 3 fully saturated rings. The minimum absolute atomic E-state index is 0.408. The smallest absolute Gasteiger partial charge is 0.163 e. The Labute approximate surface area is 264 Å². The number of aromatic nitrogens is 4. The number of allylic oxidation sites excluding steroid dienone is 2. The molecular formula is C41H38N4. The van der Waals surface area contributed by atoms with Crippen molar-refractivity contribution in [3.8, 4) is 17.1 Å². The standard InChI is InChI=1S/C41H38N4/c1-3-11-28(12-4-1)39-42-40(29-13-5-2-6-14-29)44-41(43-39)36-26-30-19-20-31(36)25-35(30)27-21-23-32(24-22-27)45-37-17-9-7-15-33(37)34-16-8-10-18-38(34)45/h1,3-4,7-13,15-18,21-24,30-31,35-36H,2,5-6,14,19-20,25-26H2. The molecule has 222 valence electrons. The van der Waals surface area contributed by atoms with Crippen LogP contribution in [-0.2, 0) is 0 Å². The fourth-order valence-electron chi connectivity index (χ4n) is 8.69. The third-order valence-electron chi connectivity index (χ3n) is 10.9. The van der Waals surface area contributed by atoms with Gasteiger partial charge in [0.15, 0.2) is 11.6 Å². The number of rotatable bonds is 5. The van der Waals surface area contributed by atoms with Crippen molar-refractivity contribution < 1.29 is 0 Å². The molecule has 10 rings (SSSR count). The van der Waals surface area contributed by atoms with Gasteiger partial charge < -0.3 is 4.57 Å². The van der Waals surface area contributed by atoms with Gasteiger partial charge in [-0.2, -0.15) is 0 Å². The van der Waals surface area contributed by atoms with Gasteiger partial charge in [-0.05, 0) is 105 Å². The van der Waals surface area contributed by atoms with Gasteiger partial charge in [-0.15, -0.1) is 0 Å². The predicted octanol–water partition coefficient (Wildman–Crippen LogP) is 10.3. The van der Waals surface area contributed by atoms with Gasteiger partial charge in [0.25, 0.3) is 0 Å². The van der Waals surface area contributed by atoms with Gasteiger partial charge in [-0.25, -0.2) is 15.0 Å². The fourth-order valence-corrected chi connectivity index (χ4v) is 8.69. The summed E-state index contributed by atoms with van der Waals surface area (Å²) in [6, 6.07) is 37.5. The summed E-state index contributed by atoms with van der Waals surface area (Å²) in [6.45, 7) is 0. The molecular weight excluding hydrogens is 548 g/mol. The van der Waals surface area contributed by atoms with Crippen molar-refractivity contribution in [1.29, 1.82) is 0 Å². The lowest BCUT2D eigenvalue weighted by Gasteiger charge is -2.47. The summed E-state index contributed by atoms with van der Waals surface area (Å²) in [6.07, 6.45) is 12.0. The van der Waals surface area contributed by atoms with Crippen molar-refractivity contribution >= 4 is 27.4 Å². The molecule has 0 saturated heterocycles. The number of benzene rings is 4. The van der Waals surface area contributed by atoms with Crippen molar-refractivity contribution in [3.63, 3.8) is 0 Å². The van der Waals surface area contributed by atoms with E-state index in [2.05, 4.69) is 114 Å². The molecule has 0 radical (unpaired) electrons. The second-order valence-corrected chi connectivity index (χ2v) is 13.4. The van der Waals surface area contributed by atoms with Gasteiger partial charge in [0.2, 0.25) is 0 Å². The Hall–Kier alpha value is -4.57. The van der Waals surface area contributed by atoms with Crippen LogP contribution in [0.1, 0.15) is 80.4 Å². The van der Waals surface area contributed by atoms with Gasteiger partial charge in [-0.3, -0.25) is 0 Å². The number of para-hydroxylation sites is 2. The SMILES string of the molecule is C1=C(c2nc(-c3ccccc3)nc(C3CC4CCC3CC4c3ccc(-n4c5ccccc5c5ccccc54)cc3)n2)CCCC1. The van der Waals surface area contributed by atoms with Crippen LogP contribution >= 0.6 is 0 Å². The van der Waals surface area contributed by atoms with E-state index in [0.717, 1.165) is 35.9 Å². The lowest BCUT2D eigenvalue weighted by molar-refractivity contribution is 0.112. The first-order chi connectivity index (χ1) is 22.3. The predicted molar refractivity (Wildman–Crippen MR) is 183 cm³/mol. The number of hydrogen-bond donors (Lipinski definition) is 0. The van der Waals surface area contributed by atoms with Gasteiger partial charge in [0, 0.05) is 27.9 Å². The molecule has 4 aromatic carbocycles. The van der Waals surface area contributed by atoms with E-state index in [1.807, 2.05) is 0 Å². The Morgan fingerprint density at radius 2 is 1.22 bits per heavy atom. The second-order valence-electron chi connectivity index (χ2n) is 13.4. The first kappa shape index (κ1) is 26.8. The van der Waals surface area contributed by atoms with E-state index >= 15 is 0 Å². The van der Waals surface area contributed by atoms with Gasteiger partial charge in [-0.1, -0.05) is 84.9 Å². The zero-order valence-corrected chi connectivity index (χ0v) is 25.6. The maximum atomic E-state index is 5.22. The molecule has 0 aliphatic heterocycles. The van der Waals surface area contributed by atoms with Crippen LogP contribution in [0.2, 0.25) is 0 Å². The summed E-state index contributed by atoms with van der Waals surface area (Å²) in [4.78, 5) is 15.4. The number of hydrogen-bond acceptors (Lipinski definition) is 3. The normalized spacial score (nSPS) is 23.0. The highest BCUT2D eigenvalue weighted by molar-refractivity contribution is 6.09. The van der Waals surface area contributed by atoms with Crippen LogP contribution < -0.4 is 0 Å². The summed E-state index contributed by atoms with van der Waals surface area (Å²) in [5, 5.41) is 2.62. The van der Waals surface area contributed by atoms with Crippen LogP contribution in [0.5, 0.6) is 0 Å². The number of nitrogens with zero attached hydrogens (tertiary/aromatic N) is 4. The minimum atomic E-state index is 0.408. The zero-order chi connectivity index (χ0) is 29.7. The van der Waals surface area contributed by atoms with Crippen molar-refractivity contribution in [2.75, 3.05) is 0 Å². The maximum absolute atomic E-state index is 5.22. The first-order valence-corrected chi connectivity index (χ1v) is 16.9. The minimum Gasteiger partial charge on any atom is -0.309 e. The molecule has 3 saturated carbocycles. The summed E-state index contributed by atoms with van der Waals surface area (Å²) in [5.74, 6) is 5.05. The van der Waals surface area contributed by atoms with E-state index in [4.69, 9.17) is 15.0 Å². The lowest BCUT2D eigenvalue weighted by Crippen LogP contribution is -2.36. The summed E-state index contributed by atoms with van der Waals surface area (Å²) < 4.78 is 2.42. The molecule has 2 bridgehead atoms. The molecule has 0 amide bonds. The molecule has 0 N–H and O–H groups in total. The third kappa shape index (κ3) is 4.70. The molecule has 2 heterocycles. The molecule has 6 aromatic rings. The van der Waals surface area contributed by atoms with Crippen molar-refractivity contribution in [2.45, 2.75) is 63.2 Å². The van der Waals surface area contributed by atoms with Crippen LogP contribution in [0.25, 0.3) is 44.5 Å². The summed E-state index contributed by atoms with van der Waals surface area (Å²) >= 11 is 0. The molecule has 4 aliphatic carbocycles. The highest BCUT2D eigenvalue weighted by Gasteiger charge is 2.44. The summed E-state index contributed by atoms with van der Waals surface area (Å²) in [7, 11) is 0. The highest BCUT2D eigenvalue weighted by Crippen LogP contribution is 2.55. The quantitative estimate of drug-likeness (QED) is 0.202. The lowest BCUT2D eigenvalue weighted by atomic mass is 9.58. The van der Waals surface area contributed by atoms with Crippen LogP contribution in [0.15, 0.2) is 109 Å². The van der Waals surface area contributed by atoms with Crippen molar-refractivity contribution in [1.82, 2.24) is 19.5 Å². The molecule has 45 heavy (non-hydrogen) atoms. The Morgan fingerprint density at radius 1 is 0.578 bits per heavy atom. The third-order valence-corrected chi connectivity index (χ3v) is 10.9. The molecule has 4 nitrogen and oxygen atoms in total. The van der Waals surface area contributed by atoms with Crippen LogP contribution in [0.3, 0.4) is 0 Å². The van der Waals surface area contributed by atoms with E-state index in [0.29, 0.717) is 23.7 Å². The monoisotopic (exact) mass is 586 g/mol. The van der Waals surface area contributed by atoms with Gasteiger partial charge in [0.05, 0.1) is 11.0 Å². The molecule has 4 heteroatoms. The Balaban J connectivity index is 1.02. The van der Waals surface area contributed by atoms with Crippen molar-refractivity contribution in [2.24, 2.45) is 11.8 Å². The van der Waals surface area contributed by atoms with Gasteiger partial charge >= 0.3 is 0 Å². The topological polar surface area (TPSA) is 43.6 Å². The average Bonchev–Trinajstić information content (AvgIpc) is 3.47. The van der Waals surface area contributed by atoms with Gasteiger partial charge in [0.1, 0.15) is 5.82 Å². The highest BCUT2D eigenvalue weighted by atomic mass is 15.0.